The lowest BCUT2D eigenvalue weighted by Gasteiger charge is -2.64. The van der Waals surface area contributed by atoms with Crippen LogP contribution in [-0.4, -0.2) is 29.8 Å². The Kier molecular flexibility index (Phi) is 5.66. The van der Waals surface area contributed by atoms with Gasteiger partial charge in [0.25, 0.3) is 0 Å². The lowest BCUT2D eigenvalue weighted by atomic mass is 9.42. The van der Waals surface area contributed by atoms with Crippen LogP contribution in [0.25, 0.3) is 0 Å². The largest absolute Gasteiger partial charge is 0.396 e. The Morgan fingerprint density at radius 2 is 1.75 bits per heavy atom. The minimum absolute atomic E-state index is 0.210. The van der Waals surface area contributed by atoms with Crippen molar-refractivity contribution >= 4 is 0 Å². The number of rotatable bonds is 4. The van der Waals surface area contributed by atoms with Gasteiger partial charge in [-0.2, -0.15) is 0 Å². The molecule has 11 atom stereocenters. The quantitative estimate of drug-likeness (QED) is 0.591. The van der Waals surface area contributed by atoms with Crippen molar-refractivity contribution in [3.05, 3.63) is 0 Å². The molecule has 4 fully saturated rings. The van der Waals surface area contributed by atoms with E-state index in [-0.39, 0.29) is 11.5 Å². The molecule has 162 valence electrons. The van der Waals surface area contributed by atoms with E-state index in [2.05, 4.69) is 20.8 Å². The average molecular weight is 392 g/mol. The lowest BCUT2D eigenvalue weighted by molar-refractivity contribution is -0.132. The van der Waals surface area contributed by atoms with E-state index < -0.39 is 0 Å². The fourth-order valence-electron chi connectivity index (χ4n) is 8.99. The summed E-state index contributed by atoms with van der Waals surface area (Å²) in [4.78, 5) is 0. The predicted molar refractivity (Wildman–Crippen MR) is 115 cm³/mol. The molecule has 0 aromatic carbocycles. The zero-order valence-corrected chi connectivity index (χ0v) is 18.4. The maximum Gasteiger partial charge on any atom is 0.0431 e. The van der Waals surface area contributed by atoms with E-state index in [4.69, 9.17) is 17.2 Å². The minimum Gasteiger partial charge on any atom is -0.396 e. The van der Waals surface area contributed by atoms with Gasteiger partial charge < -0.3 is 22.3 Å². The van der Waals surface area contributed by atoms with E-state index in [0.717, 1.165) is 32.1 Å². The topological polar surface area (TPSA) is 98.3 Å². The zero-order chi connectivity index (χ0) is 20.3. The third kappa shape index (κ3) is 3.01. The first-order valence-electron chi connectivity index (χ1n) is 12.1. The Labute approximate surface area is 172 Å². The van der Waals surface area contributed by atoms with Crippen molar-refractivity contribution in [3.63, 3.8) is 0 Å². The van der Waals surface area contributed by atoms with Crippen LogP contribution in [0.3, 0.4) is 0 Å². The van der Waals surface area contributed by atoms with Gasteiger partial charge in [-0.15, -0.1) is 0 Å². The first kappa shape index (κ1) is 21.1. The van der Waals surface area contributed by atoms with Crippen molar-refractivity contribution in [3.8, 4) is 0 Å². The summed E-state index contributed by atoms with van der Waals surface area (Å²) in [7, 11) is 0. The smallest absolute Gasteiger partial charge is 0.0431 e. The summed E-state index contributed by atoms with van der Waals surface area (Å²) in [5.41, 5.74) is 21.0. The van der Waals surface area contributed by atoms with Crippen LogP contribution in [0, 0.1) is 46.3 Å². The molecule has 0 aromatic heterocycles. The third-order valence-electron chi connectivity index (χ3n) is 10.6. The second kappa shape index (κ2) is 7.51. The summed E-state index contributed by atoms with van der Waals surface area (Å²) in [5.74, 6) is 3.98. The standard InChI is InChI=1S/C24H45N3O/c1-14(5-4-10-28)17-6-7-18-22-19(13-21(27)24(17,18)3)23(2)9-8-16(25)11-15(23)12-20(22)26/h14-22,28H,4-13,25-27H2,1-3H3/t14?,15?,16?,17?,18?,19?,20?,21?,22?,23-,24+/m0/s1. The Hall–Kier alpha value is -0.160. The molecule has 4 heteroatoms. The molecule has 0 amide bonds. The molecule has 4 aliphatic rings. The number of aliphatic hydroxyl groups is 1. The van der Waals surface area contributed by atoms with Crippen LogP contribution in [0.15, 0.2) is 0 Å². The molecule has 0 heterocycles. The molecule has 0 aliphatic heterocycles. The summed E-state index contributed by atoms with van der Waals surface area (Å²) >= 11 is 0. The highest BCUT2D eigenvalue weighted by atomic mass is 16.2. The molecule has 28 heavy (non-hydrogen) atoms. The summed E-state index contributed by atoms with van der Waals surface area (Å²) < 4.78 is 0. The normalized spacial score (nSPS) is 54.5. The molecular weight excluding hydrogens is 346 g/mol. The van der Waals surface area contributed by atoms with Crippen molar-refractivity contribution in [1.82, 2.24) is 0 Å². The maximum absolute atomic E-state index is 9.30. The fraction of sp³-hybridized carbons (Fsp3) is 1.00. The molecule has 4 rings (SSSR count). The monoisotopic (exact) mass is 391 g/mol. The maximum atomic E-state index is 9.30. The van der Waals surface area contributed by atoms with Crippen molar-refractivity contribution in [2.24, 2.45) is 63.5 Å². The highest BCUT2D eigenvalue weighted by Crippen LogP contribution is 2.67. The highest BCUT2D eigenvalue weighted by Gasteiger charge is 2.64. The number of hydrogen-bond acceptors (Lipinski definition) is 4. The van der Waals surface area contributed by atoms with Gasteiger partial charge >= 0.3 is 0 Å². The van der Waals surface area contributed by atoms with Crippen LogP contribution in [0.4, 0.5) is 0 Å². The molecule has 9 unspecified atom stereocenters. The number of aliphatic hydroxyl groups excluding tert-OH is 1. The van der Waals surface area contributed by atoms with Crippen LogP contribution in [0.2, 0.25) is 0 Å². The predicted octanol–water partition coefficient (Wildman–Crippen LogP) is 3.26. The molecule has 0 bridgehead atoms. The van der Waals surface area contributed by atoms with Crippen LogP contribution in [-0.2, 0) is 0 Å². The van der Waals surface area contributed by atoms with E-state index in [1.807, 2.05) is 0 Å². The van der Waals surface area contributed by atoms with Gasteiger partial charge in [-0.05, 0) is 104 Å². The van der Waals surface area contributed by atoms with Gasteiger partial charge in [-0.1, -0.05) is 20.8 Å². The van der Waals surface area contributed by atoms with Gasteiger partial charge in [0.05, 0.1) is 0 Å². The van der Waals surface area contributed by atoms with E-state index in [0.29, 0.717) is 59.6 Å². The van der Waals surface area contributed by atoms with E-state index in [9.17, 15) is 5.11 Å². The summed E-state index contributed by atoms with van der Waals surface area (Å²) in [5, 5.41) is 9.30. The van der Waals surface area contributed by atoms with Crippen LogP contribution in [0.5, 0.6) is 0 Å². The van der Waals surface area contributed by atoms with Gasteiger partial charge in [0.15, 0.2) is 0 Å². The first-order valence-corrected chi connectivity index (χ1v) is 12.1. The molecule has 4 nitrogen and oxygen atoms in total. The summed E-state index contributed by atoms with van der Waals surface area (Å²) in [6, 6.07) is 0.963. The molecule has 0 aromatic rings. The molecule has 0 radical (unpaired) electrons. The van der Waals surface area contributed by atoms with Crippen LogP contribution in [0.1, 0.15) is 78.6 Å². The summed E-state index contributed by atoms with van der Waals surface area (Å²) in [6.07, 6.45) is 10.5. The van der Waals surface area contributed by atoms with E-state index in [1.165, 1.54) is 25.7 Å². The van der Waals surface area contributed by atoms with Gasteiger partial charge in [-0.25, -0.2) is 0 Å². The van der Waals surface area contributed by atoms with Gasteiger partial charge in [0.2, 0.25) is 0 Å². The Bertz CT molecular complexity index is 570. The van der Waals surface area contributed by atoms with Gasteiger partial charge in [0.1, 0.15) is 0 Å². The summed E-state index contributed by atoms with van der Waals surface area (Å²) in [6.45, 7) is 7.76. The minimum atomic E-state index is 0.210. The molecular formula is C24H45N3O. The Morgan fingerprint density at radius 1 is 1.00 bits per heavy atom. The lowest BCUT2D eigenvalue weighted by Crippen LogP contribution is -2.65. The first-order chi connectivity index (χ1) is 13.2. The number of nitrogens with two attached hydrogens (primary N) is 3. The van der Waals surface area contributed by atoms with Gasteiger partial charge in [-0.3, -0.25) is 0 Å². The SMILES string of the molecule is CC(CCCO)C1CCC2C3C(N)CC4CC(N)CC[C@]4(C)C3CC(N)[C@]12C. The van der Waals surface area contributed by atoms with Crippen molar-refractivity contribution in [2.75, 3.05) is 6.61 Å². The van der Waals surface area contributed by atoms with E-state index >= 15 is 0 Å². The average Bonchev–Trinajstić information content (AvgIpc) is 3.01. The molecule has 7 N–H and O–H groups in total. The zero-order valence-electron chi connectivity index (χ0n) is 18.4. The Balaban J connectivity index is 1.62. The number of fused-ring (bicyclic) bond motifs is 5. The van der Waals surface area contributed by atoms with E-state index in [1.54, 1.807) is 0 Å². The van der Waals surface area contributed by atoms with Crippen molar-refractivity contribution in [1.29, 1.82) is 0 Å². The second-order valence-electron chi connectivity index (χ2n) is 11.7. The molecule has 4 saturated carbocycles. The molecule has 4 aliphatic carbocycles. The van der Waals surface area contributed by atoms with Crippen LogP contribution < -0.4 is 17.2 Å². The Morgan fingerprint density at radius 3 is 2.46 bits per heavy atom. The van der Waals surface area contributed by atoms with Crippen molar-refractivity contribution < 1.29 is 5.11 Å². The fourth-order valence-corrected chi connectivity index (χ4v) is 8.99. The second-order valence-corrected chi connectivity index (χ2v) is 11.7. The van der Waals surface area contributed by atoms with Crippen molar-refractivity contribution in [2.45, 2.75) is 96.7 Å². The molecule has 0 spiro atoms. The number of hydrogen-bond donors (Lipinski definition) is 4. The van der Waals surface area contributed by atoms with Gasteiger partial charge in [0, 0.05) is 24.7 Å². The third-order valence-corrected chi connectivity index (χ3v) is 10.6. The van der Waals surface area contributed by atoms with Crippen LogP contribution >= 0.6 is 0 Å². The highest BCUT2D eigenvalue weighted by molar-refractivity contribution is 5.16. The molecule has 0 saturated heterocycles.